The molecule has 7 nitrogen and oxygen atoms in total. The van der Waals surface area contributed by atoms with Gasteiger partial charge in [0.2, 0.25) is 11.8 Å². The molecule has 0 spiro atoms. The van der Waals surface area contributed by atoms with Gasteiger partial charge in [-0.1, -0.05) is 20.3 Å². The van der Waals surface area contributed by atoms with E-state index < -0.39 is 0 Å². The zero-order valence-electron chi connectivity index (χ0n) is 18.4. The molecule has 4 rings (SSSR count). The number of fused-ring (bicyclic) bond motifs is 1. The highest BCUT2D eigenvalue weighted by atomic mass is 16.2. The summed E-state index contributed by atoms with van der Waals surface area (Å²) in [5.41, 5.74) is 3.93. The highest BCUT2D eigenvalue weighted by Crippen LogP contribution is 2.40. The van der Waals surface area contributed by atoms with E-state index in [-0.39, 0.29) is 29.2 Å². The summed E-state index contributed by atoms with van der Waals surface area (Å²) in [7, 11) is 0. The number of nitrogens with zero attached hydrogens (tertiary/aromatic N) is 3. The normalized spacial score (nSPS) is 21.7. The van der Waals surface area contributed by atoms with Crippen molar-refractivity contribution in [3.05, 3.63) is 35.8 Å². The van der Waals surface area contributed by atoms with Crippen LogP contribution in [0.2, 0.25) is 0 Å². The van der Waals surface area contributed by atoms with Crippen molar-refractivity contribution in [2.45, 2.75) is 65.5 Å². The maximum absolute atomic E-state index is 12.9. The summed E-state index contributed by atoms with van der Waals surface area (Å²) in [6, 6.07) is 8.11. The fourth-order valence-corrected chi connectivity index (χ4v) is 4.98. The summed E-state index contributed by atoms with van der Waals surface area (Å²) in [5, 5.41) is 15.5. The van der Waals surface area contributed by atoms with E-state index in [0.717, 1.165) is 49.0 Å². The third-order valence-electron chi connectivity index (χ3n) is 6.33. The lowest BCUT2D eigenvalue weighted by Crippen LogP contribution is -2.40. The number of hydrogen-bond donors (Lipinski definition) is 2. The number of anilines is 1. The third kappa shape index (κ3) is 4.48. The number of rotatable bonds is 4. The van der Waals surface area contributed by atoms with Crippen molar-refractivity contribution >= 4 is 17.6 Å². The average molecular weight is 420 g/mol. The Balaban J connectivity index is 1.52. The summed E-state index contributed by atoms with van der Waals surface area (Å²) in [4.78, 5) is 28.6. The first-order chi connectivity index (χ1) is 14.8. The van der Waals surface area contributed by atoms with Crippen LogP contribution < -0.4 is 10.6 Å². The van der Waals surface area contributed by atoms with Crippen molar-refractivity contribution in [3.63, 3.8) is 0 Å². The lowest BCUT2D eigenvalue weighted by atomic mass is 9.85. The molecule has 2 aliphatic rings. The van der Waals surface area contributed by atoms with Crippen molar-refractivity contribution in [3.8, 4) is 17.2 Å². The zero-order chi connectivity index (χ0) is 22.2. The van der Waals surface area contributed by atoms with Gasteiger partial charge in [0.1, 0.15) is 17.6 Å². The molecule has 1 aliphatic carbocycles. The molecule has 0 radical (unpaired) electrons. The van der Waals surface area contributed by atoms with Gasteiger partial charge in [-0.25, -0.2) is 4.98 Å². The van der Waals surface area contributed by atoms with Gasteiger partial charge < -0.3 is 15.2 Å². The van der Waals surface area contributed by atoms with E-state index in [1.165, 1.54) is 6.92 Å². The fraction of sp³-hybridized carbons (Fsp3) is 0.500. The van der Waals surface area contributed by atoms with Gasteiger partial charge in [-0.15, -0.1) is 0 Å². The van der Waals surface area contributed by atoms with Gasteiger partial charge in [-0.05, 0) is 54.9 Å². The number of carbonyl (C=O) groups excluding carboxylic acids is 2. The van der Waals surface area contributed by atoms with Crippen molar-refractivity contribution < 1.29 is 9.59 Å². The molecule has 3 heterocycles. The molecule has 2 aromatic rings. The quantitative estimate of drug-likeness (QED) is 0.790. The monoisotopic (exact) mass is 419 g/mol. The maximum atomic E-state index is 12.9. The van der Waals surface area contributed by atoms with Crippen molar-refractivity contribution in [2.24, 2.45) is 11.3 Å². The summed E-state index contributed by atoms with van der Waals surface area (Å²) < 4.78 is 2.11. The van der Waals surface area contributed by atoms with Gasteiger partial charge in [-0.3, -0.25) is 9.59 Å². The zero-order valence-corrected chi connectivity index (χ0v) is 18.4. The smallest absolute Gasteiger partial charge is 0.228 e. The van der Waals surface area contributed by atoms with Crippen molar-refractivity contribution in [1.29, 1.82) is 5.26 Å². The molecule has 2 aromatic heterocycles. The molecule has 0 unspecified atom stereocenters. The minimum atomic E-state index is -0.138. The molecule has 2 atom stereocenters. The molecule has 7 heteroatoms. The molecule has 1 aliphatic heterocycles. The number of aromatic nitrogens is 2. The fourth-order valence-electron chi connectivity index (χ4n) is 4.98. The van der Waals surface area contributed by atoms with Crippen LogP contribution in [0.3, 0.4) is 0 Å². The molecule has 0 saturated heterocycles. The molecule has 1 saturated carbocycles. The van der Waals surface area contributed by atoms with Crippen LogP contribution in [0.4, 0.5) is 5.82 Å². The number of amides is 2. The van der Waals surface area contributed by atoms with Gasteiger partial charge in [0.25, 0.3) is 0 Å². The Kier molecular flexibility index (Phi) is 5.57. The topological polar surface area (TPSA) is 99.8 Å². The van der Waals surface area contributed by atoms with Crippen molar-refractivity contribution in [1.82, 2.24) is 14.9 Å². The Labute approximate surface area is 182 Å². The lowest BCUT2D eigenvalue weighted by Gasteiger charge is -2.28. The standard InChI is InChI=1S/C24H29N5O2/c1-15(30)27-18-6-4-5-17(9-18)23(31)28-22-10-16(7-8-26-22)20-11-19(13-25)29-14-24(2,3)12-21(20)29/h7-8,10-11,17-18H,4-6,9,12,14H2,1-3H3,(H,27,30)(H,26,28,31)/t17-,18+/m0/s1. The summed E-state index contributed by atoms with van der Waals surface area (Å²) >= 11 is 0. The van der Waals surface area contributed by atoms with Crippen LogP contribution in [0.15, 0.2) is 24.4 Å². The van der Waals surface area contributed by atoms with Crippen molar-refractivity contribution in [2.75, 3.05) is 5.32 Å². The second-order valence-electron chi connectivity index (χ2n) is 9.61. The lowest BCUT2D eigenvalue weighted by molar-refractivity contribution is -0.123. The average Bonchev–Trinajstić information content (AvgIpc) is 3.20. The van der Waals surface area contributed by atoms with Gasteiger partial charge in [0.15, 0.2) is 0 Å². The number of pyridine rings is 1. The number of carbonyl (C=O) groups is 2. The number of nitriles is 1. The first kappa shape index (κ1) is 21.1. The van der Waals surface area contributed by atoms with Gasteiger partial charge in [-0.2, -0.15) is 5.26 Å². The molecule has 2 amide bonds. The molecule has 0 aromatic carbocycles. The van der Waals surface area contributed by atoms with Crippen LogP contribution >= 0.6 is 0 Å². The number of hydrogen-bond acceptors (Lipinski definition) is 4. The molecule has 1 fully saturated rings. The van der Waals surface area contributed by atoms with E-state index in [9.17, 15) is 14.9 Å². The van der Waals surface area contributed by atoms with E-state index in [2.05, 4.69) is 40.1 Å². The van der Waals surface area contributed by atoms with E-state index in [4.69, 9.17) is 0 Å². The van der Waals surface area contributed by atoms with E-state index in [0.29, 0.717) is 17.9 Å². The number of nitrogens with one attached hydrogen (secondary N) is 2. The second-order valence-corrected chi connectivity index (χ2v) is 9.61. The van der Waals surface area contributed by atoms with E-state index in [1.54, 1.807) is 6.20 Å². The SMILES string of the molecule is CC(=O)N[C@@H]1CCC[C@H](C(=O)Nc2cc(-c3cc(C#N)n4c3CC(C)(C)C4)ccn2)C1. The first-order valence-corrected chi connectivity index (χ1v) is 10.9. The van der Waals surface area contributed by atoms with Crippen LogP contribution in [0.1, 0.15) is 57.8 Å². The van der Waals surface area contributed by atoms with Gasteiger partial charge in [0.05, 0.1) is 0 Å². The highest BCUT2D eigenvalue weighted by Gasteiger charge is 2.33. The van der Waals surface area contributed by atoms with Crippen LogP contribution in [0, 0.1) is 22.7 Å². The van der Waals surface area contributed by atoms with Crippen LogP contribution in [-0.2, 0) is 22.6 Å². The molecule has 2 N–H and O–H groups in total. The Morgan fingerprint density at radius 2 is 2.10 bits per heavy atom. The minimum absolute atomic E-state index is 0.0537. The minimum Gasteiger partial charge on any atom is -0.354 e. The first-order valence-electron chi connectivity index (χ1n) is 10.9. The Morgan fingerprint density at radius 3 is 2.84 bits per heavy atom. The summed E-state index contributed by atoms with van der Waals surface area (Å²) in [5.74, 6) is 0.266. The second kappa shape index (κ2) is 8.18. The largest absolute Gasteiger partial charge is 0.354 e. The summed E-state index contributed by atoms with van der Waals surface area (Å²) in [6.45, 7) is 6.76. The van der Waals surface area contributed by atoms with Crippen LogP contribution in [-0.4, -0.2) is 27.4 Å². The summed E-state index contributed by atoms with van der Waals surface area (Å²) in [6.07, 6.45) is 5.89. The maximum Gasteiger partial charge on any atom is 0.228 e. The van der Waals surface area contributed by atoms with E-state index in [1.807, 2.05) is 18.2 Å². The molecule has 31 heavy (non-hydrogen) atoms. The van der Waals surface area contributed by atoms with Crippen LogP contribution in [0.5, 0.6) is 0 Å². The predicted molar refractivity (Wildman–Crippen MR) is 118 cm³/mol. The third-order valence-corrected chi connectivity index (χ3v) is 6.33. The highest BCUT2D eigenvalue weighted by molar-refractivity contribution is 5.92. The van der Waals surface area contributed by atoms with E-state index >= 15 is 0 Å². The van der Waals surface area contributed by atoms with Gasteiger partial charge >= 0.3 is 0 Å². The Hall–Kier alpha value is -3.14. The molecular formula is C24H29N5O2. The Morgan fingerprint density at radius 1 is 1.29 bits per heavy atom. The van der Waals surface area contributed by atoms with Crippen LogP contribution in [0.25, 0.3) is 11.1 Å². The Bertz CT molecular complexity index is 1060. The predicted octanol–water partition coefficient (Wildman–Crippen LogP) is 3.64. The molecule has 0 bridgehead atoms. The van der Waals surface area contributed by atoms with Gasteiger partial charge in [0, 0.05) is 42.9 Å². The molecular weight excluding hydrogens is 390 g/mol. The molecule has 162 valence electrons.